The van der Waals surface area contributed by atoms with Gasteiger partial charge in [-0.3, -0.25) is 0 Å². The molecule has 1 aromatic heterocycles. The summed E-state index contributed by atoms with van der Waals surface area (Å²) in [6.45, 7) is 3.52. The Morgan fingerprint density at radius 3 is 2.33 bits per heavy atom. The van der Waals surface area contributed by atoms with Crippen molar-refractivity contribution in [3.63, 3.8) is 0 Å². The lowest BCUT2D eigenvalue weighted by molar-refractivity contribution is 0.593. The van der Waals surface area contributed by atoms with E-state index in [9.17, 15) is 8.42 Å². The van der Waals surface area contributed by atoms with E-state index in [4.69, 9.17) is 5.14 Å². The first-order valence-electron chi connectivity index (χ1n) is 3.38. The van der Waals surface area contributed by atoms with E-state index in [1.165, 1.54) is 6.07 Å². The number of aryl methyl sites for hydroxylation is 2. The second-order valence-electron chi connectivity index (χ2n) is 2.67. The molecule has 0 spiro atoms. The largest absolute Gasteiger partial charge is 0.255 e. The number of rotatable bonds is 1. The molecule has 0 saturated carbocycles. The summed E-state index contributed by atoms with van der Waals surface area (Å²) in [4.78, 5) is 3.79. The average Bonchev–Trinajstić information content (AvgIpc) is 1.82. The zero-order valence-corrected chi connectivity index (χ0v) is 7.72. The highest BCUT2D eigenvalue weighted by atomic mass is 32.2. The smallest absolute Gasteiger partial charge is 0.240 e. The van der Waals surface area contributed by atoms with Crippen LogP contribution in [-0.4, -0.2) is 13.4 Å². The van der Waals surface area contributed by atoms with Crippen molar-refractivity contribution in [3.05, 3.63) is 23.4 Å². The van der Waals surface area contributed by atoms with Crippen LogP contribution in [0.25, 0.3) is 0 Å². The lowest BCUT2D eigenvalue weighted by Gasteiger charge is -2.00. The van der Waals surface area contributed by atoms with Crippen molar-refractivity contribution >= 4 is 10.0 Å². The quantitative estimate of drug-likeness (QED) is 0.687. The molecule has 0 amide bonds. The molecule has 2 N–H and O–H groups in total. The van der Waals surface area contributed by atoms with Crippen molar-refractivity contribution in [1.82, 2.24) is 4.98 Å². The van der Waals surface area contributed by atoms with Crippen molar-refractivity contribution < 1.29 is 8.42 Å². The van der Waals surface area contributed by atoms with Crippen LogP contribution in [-0.2, 0) is 10.0 Å². The zero-order valence-electron chi connectivity index (χ0n) is 6.90. The van der Waals surface area contributed by atoms with Crippen LogP contribution in [0.1, 0.15) is 11.3 Å². The number of aromatic nitrogens is 1. The molecule has 0 radical (unpaired) electrons. The van der Waals surface area contributed by atoms with E-state index in [-0.39, 0.29) is 5.03 Å². The highest BCUT2D eigenvalue weighted by Crippen LogP contribution is 2.07. The van der Waals surface area contributed by atoms with Crippen molar-refractivity contribution in [2.45, 2.75) is 18.9 Å². The van der Waals surface area contributed by atoms with Gasteiger partial charge in [0.05, 0.1) is 0 Å². The Morgan fingerprint density at radius 1 is 1.33 bits per heavy atom. The van der Waals surface area contributed by atoms with Crippen LogP contribution in [0, 0.1) is 13.8 Å². The number of nitrogens with zero attached hydrogens (tertiary/aromatic N) is 1. The zero-order chi connectivity index (χ0) is 9.35. The summed E-state index contributed by atoms with van der Waals surface area (Å²) in [5, 5.41) is 4.83. The van der Waals surface area contributed by atoms with Gasteiger partial charge in [-0.25, -0.2) is 18.5 Å². The maximum Gasteiger partial charge on any atom is 0.255 e. The molecular formula is C7H10N2O2S. The lowest BCUT2D eigenvalue weighted by Crippen LogP contribution is -2.14. The summed E-state index contributed by atoms with van der Waals surface area (Å²) in [6.07, 6.45) is 0. The third-order valence-corrected chi connectivity index (χ3v) is 2.16. The molecule has 1 aromatic rings. The van der Waals surface area contributed by atoms with E-state index in [1.807, 2.05) is 0 Å². The number of pyridine rings is 1. The molecule has 4 nitrogen and oxygen atoms in total. The van der Waals surface area contributed by atoms with Gasteiger partial charge in [0.1, 0.15) is 0 Å². The molecule has 66 valence electrons. The number of sulfonamides is 1. The minimum Gasteiger partial charge on any atom is -0.240 e. The Labute approximate surface area is 71.5 Å². The molecule has 0 aliphatic carbocycles. The van der Waals surface area contributed by atoms with Crippen molar-refractivity contribution in [2.24, 2.45) is 5.14 Å². The van der Waals surface area contributed by atoms with Gasteiger partial charge in [0.15, 0.2) is 5.03 Å². The molecule has 5 heteroatoms. The van der Waals surface area contributed by atoms with Crippen LogP contribution in [0.3, 0.4) is 0 Å². The fourth-order valence-corrected chi connectivity index (χ4v) is 1.57. The molecule has 0 unspecified atom stereocenters. The Balaban J connectivity index is 3.37. The summed E-state index contributed by atoms with van der Waals surface area (Å²) in [5.41, 5.74) is 1.49. The molecule has 1 heterocycles. The highest BCUT2D eigenvalue weighted by molar-refractivity contribution is 7.89. The molecular weight excluding hydrogens is 176 g/mol. The molecule has 0 fully saturated rings. The van der Waals surface area contributed by atoms with Gasteiger partial charge >= 0.3 is 0 Å². The summed E-state index contributed by atoms with van der Waals surface area (Å²) in [7, 11) is -3.66. The third kappa shape index (κ3) is 2.02. The Bertz CT molecular complexity index is 378. The molecule has 0 aromatic carbocycles. The number of nitrogens with two attached hydrogens (primary N) is 1. The molecule has 0 aliphatic rings. The van der Waals surface area contributed by atoms with Gasteiger partial charge in [-0.05, 0) is 31.5 Å². The van der Waals surface area contributed by atoms with E-state index in [0.717, 1.165) is 5.56 Å². The van der Waals surface area contributed by atoms with Crippen molar-refractivity contribution in [3.8, 4) is 0 Å². The average molecular weight is 186 g/mol. The Kier molecular flexibility index (Phi) is 2.16. The van der Waals surface area contributed by atoms with E-state index in [1.54, 1.807) is 19.9 Å². The van der Waals surface area contributed by atoms with E-state index >= 15 is 0 Å². The second kappa shape index (κ2) is 2.84. The van der Waals surface area contributed by atoms with Gasteiger partial charge in [0.25, 0.3) is 10.0 Å². The van der Waals surface area contributed by atoms with Crippen molar-refractivity contribution in [2.75, 3.05) is 0 Å². The topological polar surface area (TPSA) is 73.0 Å². The maximum absolute atomic E-state index is 10.9. The van der Waals surface area contributed by atoms with E-state index in [2.05, 4.69) is 4.98 Å². The molecule has 0 atom stereocenters. The van der Waals surface area contributed by atoms with Gasteiger partial charge in [-0.2, -0.15) is 0 Å². The summed E-state index contributed by atoms with van der Waals surface area (Å²) in [5.74, 6) is 0. The van der Waals surface area contributed by atoms with Crippen LogP contribution in [0.5, 0.6) is 0 Å². The van der Waals surface area contributed by atoms with E-state index in [0.29, 0.717) is 5.69 Å². The molecule has 12 heavy (non-hydrogen) atoms. The second-order valence-corrected chi connectivity index (χ2v) is 4.18. The standard InChI is InChI=1S/C7H10N2O2S/c1-5-3-6(2)9-7(4-5)12(8,10)11/h3-4H,1-2H3,(H2,8,10,11). The minimum absolute atomic E-state index is 0.0694. The first-order valence-corrected chi connectivity index (χ1v) is 4.92. The number of hydrogen-bond acceptors (Lipinski definition) is 3. The van der Waals surface area contributed by atoms with Gasteiger partial charge in [0, 0.05) is 5.69 Å². The SMILES string of the molecule is Cc1cc(C)nc(S(N)(=O)=O)c1. The predicted molar refractivity (Wildman–Crippen MR) is 45.1 cm³/mol. The molecule has 0 aliphatic heterocycles. The number of hydrogen-bond donors (Lipinski definition) is 1. The predicted octanol–water partition coefficient (Wildman–Crippen LogP) is 0.346. The van der Waals surface area contributed by atoms with Crippen LogP contribution in [0.4, 0.5) is 0 Å². The monoisotopic (exact) mass is 186 g/mol. The molecule has 0 saturated heterocycles. The Morgan fingerprint density at radius 2 is 1.92 bits per heavy atom. The van der Waals surface area contributed by atoms with Crippen LogP contribution in [0.2, 0.25) is 0 Å². The minimum atomic E-state index is -3.66. The number of primary sulfonamides is 1. The fraction of sp³-hybridized carbons (Fsp3) is 0.286. The highest BCUT2D eigenvalue weighted by Gasteiger charge is 2.09. The van der Waals surface area contributed by atoms with Crippen LogP contribution in [0.15, 0.2) is 17.2 Å². The van der Waals surface area contributed by atoms with Gasteiger partial charge in [-0.1, -0.05) is 0 Å². The summed E-state index contributed by atoms with van der Waals surface area (Å²) in [6, 6.07) is 3.23. The van der Waals surface area contributed by atoms with Crippen molar-refractivity contribution in [1.29, 1.82) is 0 Å². The molecule has 1 rings (SSSR count). The van der Waals surface area contributed by atoms with Gasteiger partial charge < -0.3 is 0 Å². The van der Waals surface area contributed by atoms with Crippen LogP contribution >= 0.6 is 0 Å². The van der Waals surface area contributed by atoms with E-state index < -0.39 is 10.0 Å². The lowest BCUT2D eigenvalue weighted by atomic mass is 10.3. The first kappa shape index (κ1) is 9.15. The normalized spacial score (nSPS) is 11.6. The van der Waals surface area contributed by atoms with Gasteiger partial charge in [-0.15, -0.1) is 0 Å². The Hall–Kier alpha value is -0.940. The van der Waals surface area contributed by atoms with Crippen LogP contribution < -0.4 is 5.14 Å². The summed E-state index contributed by atoms with van der Waals surface area (Å²) >= 11 is 0. The fourth-order valence-electron chi connectivity index (χ4n) is 0.950. The summed E-state index contributed by atoms with van der Waals surface area (Å²) < 4.78 is 21.7. The molecule has 0 bridgehead atoms. The maximum atomic E-state index is 10.9. The first-order chi connectivity index (χ1) is 5.39. The van der Waals surface area contributed by atoms with Gasteiger partial charge in [0.2, 0.25) is 0 Å². The third-order valence-electron chi connectivity index (χ3n) is 1.37.